The van der Waals surface area contributed by atoms with E-state index in [1.54, 1.807) is 0 Å². The number of benzene rings is 3. The SMILES string of the molecule is Cc1ccc2nc(OCCCO)c(N3CCN(C(c4ccccc4)c4ccccc4)CC3)cc2c1. The second-order valence-electron chi connectivity index (χ2n) is 9.18. The molecule has 5 heteroatoms. The molecule has 1 N–H and O–H groups in total. The van der Waals surface area contributed by atoms with Gasteiger partial charge in [-0.25, -0.2) is 4.98 Å². The summed E-state index contributed by atoms with van der Waals surface area (Å²) in [6.45, 7) is 6.35. The van der Waals surface area contributed by atoms with Gasteiger partial charge >= 0.3 is 0 Å². The zero-order valence-electron chi connectivity index (χ0n) is 20.3. The predicted octanol–water partition coefficient (Wildman–Crippen LogP) is 5.22. The van der Waals surface area contributed by atoms with Crippen molar-refractivity contribution >= 4 is 16.6 Å². The molecule has 1 aliphatic rings. The number of nitrogens with zero attached hydrogens (tertiary/aromatic N) is 3. The molecule has 1 aliphatic heterocycles. The fourth-order valence-corrected chi connectivity index (χ4v) is 4.94. The van der Waals surface area contributed by atoms with E-state index in [-0.39, 0.29) is 12.6 Å². The Labute approximate surface area is 207 Å². The standard InChI is InChI=1S/C30H33N3O2/c1-23-13-14-27-26(21-23)22-28(30(31-27)35-20-8-19-34)32-15-17-33(18-16-32)29(24-9-4-2-5-10-24)25-11-6-3-7-12-25/h2-7,9-14,21-22,29,34H,8,15-20H2,1H3. The summed E-state index contributed by atoms with van der Waals surface area (Å²) in [5.74, 6) is 0.658. The van der Waals surface area contributed by atoms with Gasteiger partial charge in [-0.3, -0.25) is 4.90 Å². The maximum atomic E-state index is 9.22. The maximum Gasteiger partial charge on any atom is 0.238 e. The average molecular weight is 468 g/mol. The summed E-state index contributed by atoms with van der Waals surface area (Å²) in [6.07, 6.45) is 0.594. The van der Waals surface area contributed by atoms with Crippen LogP contribution in [0.15, 0.2) is 84.9 Å². The van der Waals surface area contributed by atoms with Crippen molar-refractivity contribution in [1.29, 1.82) is 0 Å². The van der Waals surface area contributed by atoms with E-state index in [9.17, 15) is 5.11 Å². The quantitative estimate of drug-likeness (QED) is 0.360. The lowest BCUT2D eigenvalue weighted by Crippen LogP contribution is -2.48. The molecule has 3 aromatic carbocycles. The maximum absolute atomic E-state index is 9.22. The van der Waals surface area contributed by atoms with E-state index in [0.29, 0.717) is 18.9 Å². The van der Waals surface area contributed by atoms with Crippen LogP contribution >= 0.6 is 0 Å². The van der Waals surface area contributed by atoms with Crippen molar-refractivity contribution in [3.05, 3.63) is 102 Å². The van der Waals surface area contributed by atoms with Crippen LogP contribution in [0, 0.1) is 6.92 Å². The van der Waals surface area contributed by atoms with Crippen LogP contribution in [0.25, 0.3) is 10.9 Å². The van der Waals surface area contributed by atoms with E-state index in [1.807, 2.05) is 0 Å². The molecule has 180 valence electrons. The highest BCUT2D eigenvalue weighted by molar-refractivity contribution is 5.84. The number of aryl methyl sites for hydroxylation is 1. The van der Waals surface area contributed by atoms with Crippen molar-refractivity contribution in [3.63, 3.8) is 0 Å². The molecule has 5 nitrogen and oxygen atoms in total. The fourth-order valence-electron chi connectivity index (χ4n) is 4.94. The Morgan fingerprint density at radius 2 is 1.51 bits per heavy atom. The van der Waals surface area contributed by atoms with Gasteiger partial charge < -0.3 is 14.7 Å². The zero-order valence-corrected chi connectivity index (χ0v) is 20.3. The second kappa shape index (κ2) is 10.9. The van der Waals surface area contributed by atoms with Gasteiger partial charge in [0, 0.05) is 44.6 Å². The molecular weight excluding hydrogens is 434 g/mol. The van der Waals surface area contributed by atoms with Crippen LogP contribution in [0.2, 0.25) is 0 Å². The van der Waals surface area contributed by atoms with Gasteiger partial charge in [-0.2, -0.15) is 0 Å². The van der Waals surface area contributed by atoms with E-state index in [1.165, 1.54) is 16.7 Å². The van der Waals surface area contributed by atoms with E-state index in [0.717, 1.165) is 42.8 Å². The van der Waals surface area contributed by atoms with Crippen molar-refractivity contribution in [3.8, 4) is 5.88 Å². The van der Waals surface area contributed by atoms with Gasteiger partial charge in [0.2, 0.25) is 5.88 Å². The summed E-state index contributed by atoms with van der Waals surface area (Å²) < 4.78 is 6.06. The van der Waals surface area contributed by atoms with E-state index in [4.69, 9.17) is 9.72 Å². The first-order valence-electron chi connectivity index (χ1n) is 12.5. The molecule has 5 rings (SSSR count). The van der Waals surface area contributed by atoms with E-state index in [2.05, 4.69) is 102 Å². The largest absolute Gasteiger partial charge is 0.476 e. The number of ether oxygens (including phenoxy) is 1. The third kappa shape index (κ3) is 5.31. The van der Waals surface area contributed by atoms with Crippen molar-refractivity contribution in [2.45, 2.75) is 19.4 Å². The van der Waals surface area contributed by atoms with Crippen LogP contribution in [-0.2, 0) is 0 Å². The number of anilines is 1. The number of fused-ring (bicyclic) bond motifs is 1. The first kappa shape index (κ1) is 23.3. The number of piperazine rings is 1. The van der Waals surface area contributed by atoms with Gasteiger partial charge in [0.15, 0.2) is 0 Å². The summed E-state index contributed by atoms with van der Waals surface area (Å²) in [7, 11) is 0. The highest BCUT2D eigenvalue weighted by atomic mass is 16.5. The molecule has 1 aromatic heterocycles. The molecule has 0 unspecified atom stereocenters. The second-order valence-corrected chi connectivity index (χ2v) is 9.18. The van der Waals surface area contributed by atoms with Crippen LogP contribution < -0.4 is 9.64 Å². The number of rotatable bonds is 8. The first-order valence-corrected chi connectivity index (χ1v) is 12.5. The van der Waals surface area contributed by atoms with Gasteiger partial charge in [-0.05, 0) is 36.2 Å². The number of hydrogen-bond donors (Lipinski definition) is 1. The zero-order chi connectivity index (χ0) is 24.0. The van der Waals surface area contributed by atoms with Crippen molar-refractivity contribution < 1.29 is 9.84 Å². The molecule has 0 atom stereocenters. The third-order valence-corrected chi connectivity index (χ3v) is 6.71. The van der Waals surface area contributed by atoms with Crippen LogP contribution in [-0.4, -0.2) is 54.4 Å². The fraction of sp³-hybridized carbons (Fsp3) is 0.300. The lowest BCUT2D eigenvalue weighted by molar-refractivity contribution is 0.210. The van der Waals surface area contributed by atoms with Gasteiger partial charge in [0.25, 0.3) is 0 Å². The number of aliphatic hydroxyl groups is 1. The van der Waals surface area contributed by atoms with Gasteiger partial charge in [0.1, 0.15) is 5.69 Å². The van der Waals surface area contributed by atoms with E-state index >= 15 is 0 Å². The van der Waals surface area contributed by atoms with Crippen molar-refractivity contribution in [2.24, 2.45) is 0 Å². The summed E-state index contributed by atoms with van der Waals surface area (Å²) in [4.78, 5) is 9.82. The highest BCUT2D eigenvalue weighted by Crippen LogP contribution is 2.34. The molecular formula is C30H33N3O2. The Balaban J connectivity index is 1.40. The summed E-state index contributed by atoms with van der Waals surface area (Å²) in [6, 6.07) is 30.3. The highest BCUT2D eigenvalue weighted by Gasteiger charge is 2.28. The monoisotopic (exact) mass is 467 g/mol. The van der Waals surface area contributed by atoms with Crippen LogP contribution in [0.3, 0.4) is 0 Å². The Kier molecular flexibility index (Phi) is 7.26. The molecule has 0 aliphatic carbocycles. The lowest BCUT2D eigenvalue weighted by atomic mass is 9.96. The number of aromatic nitrogens is 1. The molecule has 0 spiro atoms. The molecule has 0 amide bonds. The van der Waals surface area contributed by atoms with Crippen LogP contribution in [0.4, 0.5) is 5.69 Å². The minimum atomic E-state index is 0.112. The first-order chi connectivity index (χ1) is 17.2. The Hall–Kier alpha value is -3.41. The third-order valence-electron chi connectivity index (χ3n) is 6.71. The summed E-state index contributed by atoms with van der Waals surface area (Å²) in [5, 5.41) is 10.3. The number of hydrogen-bond acceptors (Lipinski definition) is 5. The summed E-state index contributed by atoms with van der Waals surface area (Å²) >= 11 is 0. The van der Waals surface area contributed by atoms with Crippen LogP contribution in [0.1, 0.15) is 29.2 Å². The molecule has 35 heavy (non-hydrogen) atoms. The molecule has 4 aromatic rings. The molecule has 0 bridgehead atoms. The van der Waals surface area contributed by atoms with Gasteiger partial charge in [-0.15, -0.1) is 0 Å². The van der Waals surface area contributed by atoms with Crippen molar-refractivity contribution in [1.82, 2.24) is 9.88 Å². The molecule has 2 heterocycles. The molecule has 0 saturated carbocycles. The smallest absolute Gasteiger partial charge is 0.238 e. The predicted molar refractivity (Wildman–Crippen MR) is 142 cm³/mol. The molecule has 1 saturated heterocycles. The molecule has 1 fully saturated rings. The topological polar surface area (TPSA) is 48.8 Å². The minimum Gasteiger partial charge on any atom is -0.476 e. The number of aliphatic hydroxyl groups excluding tert-OH is 1. The number of pyridine rings is 1. The van der Waals surface area contributed by atoms with Gasteiger partial charge in [0.05, 0.1) is 18.2 Å². The normalized spacial score (nSPS) is 14.5. The Bertz CT molecular complexity index is 1200. The molecule has 0 radical (unpaired) electrons. The lowest BCUT2D eigenvalue weighted by Gasteiger charge is -2.41. The van der Waals surface area contributed by atoms with Gasteiger partial charge in [-0.1, -0.05) is 72.3 Å². The van der Waals surface area contributed by atoms with Crippen LogP contribution in [0.5, 0.6) is 5.88 Å². The Morgan fingerprint density at radius 1 is 0.857 bits per heavy atom. The minimum absolute atomic E-state index is 0.112. The Morgan fingerprint density at radius 3 is 2.14 bits per heavy atom. The summed E-state index contributed by atoms with van der Waals surface area (Å²) in [5.41, 5.74) is 5.84. The van der Waals surface area contributed by atoms with Crippen molar-refractivity contribution in [2.75, 3.05) is 44.3 Å². The average Bonchev–Trinajstić information content (AvgIpc) is 2.90. The van der Waals surface area contributed by atoms with E-state index < -0.39 is 0 Å².